The summed E-state index contributed by atoms with van der Waals surface area (Å²) in [5, 5.41) is 10.7. The van der Waals surface area contributed by atoms with Gasteiger partial charge in [0.15, 0.2) is 12.2 Å². The number of aliphatic hydroxyl groups is 1. The van der Waals surface area contributed by atoms with E-state index < -0.39 is 97.5 Å². The molecule has 3 N–H and O–H groups in total. The molecule has 17 nitrogen and oxygen atoms in total. The third kappa shape index (κ3) is 81.8. The number of unbranched alkanes of at least 4 members (excludes halogenated alkanes) is 53. The number of ether oxygens (including phenoxy) is 4. The molecule has 0 amide bonds. The van der Waals surface area contributed by atoms with Gasteiger partial charge in [-0.15, -0.1) is 0 Å². The summed E-state index contributed by atoms with van der Waals surface area (Å²) in [7, 11) is -9.94. The number of aliphatic hydroxyl groups excluding tert-OH is 1. The molecule has 0 bridgehead atoms. The summed E-state index contributed by atoms with van der Waals surface area (Å²) < 4.78 is 69.1. The lowest BCUT2D eigenvalue weighted by molar-refractivity contribution is -0.161. The zero-order valence-electron chi connectivity index (χ0n) is 74.3. The number of rotatable bonds is 90. The molecule has 0 radical (unpaired) electrons. The molecular weight excluding hydrogens is 1450 g/mol. The number of hydrogen-bond donors (Lipinski definition) is 3. The van der Waals surface area contributed by atoms with Crippen molar-refractivity contribution in [1.29, 1.82) is 0 Å². The van der Waals surface area contributed by atoms with E-state index in [0.29, 0.717) is 25.7 Å². The Hall–Kier alpha value is -1.94. The molecule has 0 aromatic rings. The van der Waals surface area contributed by atoms with E-state index in [4.69, 9.17) is 37.0 Å². The van der Waals surface area contributed by atoms with Crippen molar-refractivity contribution in [3.8, 4) is 0 Å². The highest BCUT2D eigenvalue weighted by Gasteiger charge is 2.31. The topological polar surface area (TPSA) is 237 Å². The van der Waals surface area contributed by atoms with Crippen molar-refractivity contribution < 1.29 is 80.2 Å². The van der Waals surface area contributed by atoms with E-state index >= 15 is 0 Å². The molecule has 19 heteroatoms. The summed E-state index contributed by atoms with van der Waals surface area (Å²) in [6.07, 6.45) is 73.7. The van der Waals surface area contributed by atoms with Crippen LogP contribution in [0, 0.1) is 23.7 Å². The first-order chi connectivity index (χ1) is 54.2. The summed E-state index contributed by atoms with van der Waals surface area (Å²) in [5.41, 5.74) is 0. The average molecular weight is 1630 g/mol. The fraction of sp³-hybridized carbons (Fsp3) is 0.957. The summed E-state index contributed by atoms with van der Waals surface area (Å²) in [6.45, 7) is 14.4. The van der Waals surface area contributed by atoms with Crippen LogP contribution in [0.4, 0.5) is 0 Å². The normalized spacial score (nSPS) is 14.5. The maximum Gasteiger partial charge on any atom is 0.472 e. The monoisotopic (exact) mass is 1630 g/mol. The van der Waals surface area contributed by atoms with Gasteiger partial charge in [-0.3, -0.25) is 37.3 Å². The molecule has 0 rings (SSSR count). The van der Waals surface area contributed by atoms with Crippen LogP contribution in [0.5, 0.6) is 0 Å². The minimum Gasteiger partial charge on any atom is -0.462 e. The maximum atomic E-state index is 13.2. The third-order valence-electron chi connectivity index (χ3n) is 22.9. The lowest BCUT2D eigenvalue weighted by atomic mass is 9.99. The van der Waals surface area contributed by atoms with E-state index in [1.165, 1.54) is 289 Å². The van der Waals surface area contributed by atoms with Crippen molar-refractivity contribution in [2.45, 2.75) is 510 Å². The lowest BCUT2D eigenvalue weighted by Crippen LogP contribution is -2.30. The first-order valence-electron chi connectivity index (χ1n) is 47.8. The maximum absolute atomic E-state index is 13.2. The zero-order chi connectivity index (χ0) is 82.3. The molecule has 0 spiro atoms. The van der Waals surface area contributed by atoms with Crippen LogP contribution in [-0.4, -0.2) is 96.7 Å². The fourth-order valence-electron chi connectivity index (χ4n) is 14.5. The fourth-order valence-corrected chi connectivity index (χ4v) is 16.0. The molecule has 0 aromatic heterocycles. The van der Waals surface area contributed by atoms with Crippen molar-refractivity contribution in [3.63, 3.8) is 0 Å². The number of carbonyl (C=O) groups excluding carboxylic acids is 4. The van der Waals surface area contributed by atoms with Gasteiger partial charge in [0.25, 0.3) is 0 Å². The SMILES string of the molecule is CCC(C)CCCCCCCCCCCCCCCCCCCCC(=O)OC[C@H](COP(=O)(O)OC[C@@H](O)COP(=O)(O)OC[C@@H](COC(=O)CCCCCCCCC(C)CC)OC(=O)CCCCCCCCCCCCCCCCCC(C)C)OC(=O)CCCCCCCCCCCCCCCCCCCCC(C)CC. The predicted octanol–water partition coefficient (Wildman–Crippen LogP) is 28.7. The smallest absolute Gasteiger partial charge is 0.462 e. The Balaban J connectivity index is 5.22. The van der Waals surface area contributed by atoms with Crippen LogP contribution < -0.4 is 0 Å². The number of hydrogen-bond acceptors (Lipinski definition) is 15. The number of phosphoric acid groups is 2. The summed E-state index contributed by atoms with van der Waals surface area (Å²) in [5.74, 6) is 1.18. The molecule has 0 aliphatic carbocycles. The van der Waals surface area contributed by atoms with Gasteiger partial charge in [0.1, 0.15) is 19.3 Å². The summed E-state index contributed by atoms with van der Waals surface area (Å²) >= 11 is 0. The summed E-state index contributed by atoms with van der Waals surface area (Å²) in [6, 6.07) is 0. The molecular formula is C93H182O17P2. The zero-order valence-corrected chi connectivity index (χ0v) is 76.1. The van der Waals surface area contributed by atoms with Crippen LogP contribution in [0.25, 0.3) is 0 Å². The minimum absolute atomic E-state index is 0.107. The van der Waals surface area contributed by atoms with Gasteiger partial charge >= 0.3 is 39.5 Å². The molecule has 0 aliphatic heterocycles. The molecule has 0 fully saturated rings. The van der Waals surface area contributed by atoms with Gasteiger partial charge in [0.2, 0.25) is 0 Å². The summed E-state index contributed by atoms with van der Waals surface area (Å²) in [4.78, 5) is 73.4. The quantitative estimate of drug-likeness (QED) is 0.0222. The van der Waals surface area contributed by atoms with Crippen LogP contribution in [0.3, 0.4) is 0 Å². The Kier molecular flexibility index (Phi) is 80.0. The van der Waals surface area contributed by atoms with Crippen LogP contribution in [0.1, 0.15) is 492 Å². The molecule has 0 aromatic carbocycles. The molecule has 0 heterocycles. The van der Waals surface area contributed by atoms with E-state index in [1.54, 1.807) is 0 Å². The first-order valence-corrected chi connectivity index (χ1v) is 50.8. The highest BCUT2D eigenvalue weighted by atomic mass is 31.2. The Morgan fingerprint density at radius 1 is 0.250 bits per heavy atom. The van der Waals surface area contributed by atoms with E-state index in [0.717, 1.165) is 120 Å². The Morgan fingerprint density at radius 3 is 0.634 bits per heavy atom. The second-order valence-corrected chi connectivity index (χ2v) is 37.5. The molecule has 0 saturated heterocycles. The molecule has 0 aliphatic rings. The molecule has 8 atom stereocenters. The largest absolute Gasteiger partial charge is 0.472 e. The number of phosphoric ester groups is 2. The Bertz CT molecular complexity index is 2170. The van der Waals surface area contributed by atoms with Crippen molar-refractivity contribution in [2.24, 2.45) is 23.7 Å². The van der Waals surface area contributed by atoms with Crippen LogP contribution in [0.2, 0.25) is 0 Å². The van der Waals surface area contributed by atoms with Gasteiger partial charge in [-0.25, -0.2) is 9.13 Å². The number of esters is 4. The van der Waals surface area contributed by atoms with Crippen LogP contribution >= 0.6 is 15.6 Å². The van der Waals surface area contributed by atoms with Crippen molar-refractivity contribution in [3.05, 3.63) is 0 Å². The molecule has 666 valence electrons. The van der Waals surface area contributed by atoms with Gasteiger partial charge in [0.05, 0.1) is 26.4 Å². The van der Waals surface area contributed by atoms with Crippen molar-refractivity contribution in [1.82, 2.24) is 0 Å². The molecule has 112 heavy (non-hydrogen) atoms. The first kappa shape index (κ1) is 110. The number of carbonyl (C=O) groups is 4. The van der Waals surface area contributed by atoms with Crippen molar-refractivity contribution in [2.75, 3.05) is 39.6 Å². The average Bonchev–Trinajstić information content (AvgIpc) is 0.902. The highest BCUT2D eigenvalue weighted by molar-refractivity contribution is 7.47. The van der Waals surface area contributed by atoms with Gasteiger partial charge < -0.3 is 33.8 Å². The predicted molar refractivity (Wildman–Crippen MR) is 464 cm³/mol. The van der Waals surface area contributed by atoms with Gasteiger partial charge in [-0.2, -0.15) is 0 Å². The van der Waals surface area contributed by atoms with Gasteiger partial charge in [0, 0.05) is 25.7 Å². The van der Waals surface area contributed by atoms with Crippen LogP contribution in [0.15, 0.2) is 0 Å². The van der Waals surface area contributed by atoms with E-state index in [1.807, 2.05) is 0 Å². The second-order valence-electron chi connectivity index (χ2n) is 34.6. The highest BCUT2D eigenvalue weighted by Crippen LogP contribution is 2.45. The van der Waals surface area contributed by atoms with Gasteiger partial charge in [-0.1, -0.05) is 441 Å². The van der Waals surface area contributed by atoms with Gasteiger partial charge in [-0.05, 0) is 49.4 Å². The Morgan fingerprint density at radius 2 is 0.429 bits per heavy atom. The van der Waals surface area contributed by atoms with E-state index in [-0.39, 0.29) is 25.7 Å². The molecule has 0 saturated carbocycles. The van der Waals surface area contributed by atoms with Crippen molar-refractivity contribution >= 4 is 39.5 Å². The third-order valence-corrected chi connectivity index (χ3v) is 24.8. The Labute approximate surface area is 689 Å². The van der Waals surface area contributed by atoms with E-state index in [9.17, 15) is 43.2 Å². The van der Waals surface area contributed by atoms with Crippen LogP contribution in [-0.2, 0) is 65.4 Å². The second kappa shape index (κ2) is 81.4. The lowest BCUT2D eigenvalue weighted by Gasteiger charge is -2.21. The standard InChI is InChI=1S/C93H182O17P2/c1-9-84(6)70-62-54-46-40-34-28-22-16-12-14-18-24-30-36-42-48-57-65-73-90(95)103-79-88(109-92(97)75-67-59-49-43-37-31-25-19-15-13-17-23-29-35-41-47-55-63-71-85(7)10-2)81-107-111(99,100)105-77-87(94)78-106-112(101,102)108-82-89(80-104-91(96)74-66-58-52-51-56-64-72-86(8)11-3)110-93(98)76-68-60-50-44-38-32-26-20-21-27-33-39-45-53-61-69-83(4)5/h83-89,94H,9-82H2,1-8H3,(H,99,100)(H,101,102)/t84?,85?,86?,87-,88-,89-/m1/s1. The minimum atomic E-state index is -4.97. The van der Waals surface area contributed by atoms with E-state index in [2.05, 4.69) is 55.4 Å². The molecule has 5 unspecified atom stereocenters.